The summed E-state index contributed by atoms with van der Waals surface area (Å²) in [6, 6.07) is 17.8. The Labute approximate surface area is 265 Å². The predicted molar refractivity (Wildman–Crippen MR) is 165 cm³/mol. The van der Waals surface area contributed by atoms with Crippen LogP contribution in [0, 0.1) is 5.92 Å². The van der Waals surface area contributed by atoms with Gasteiger partial charge in [0.2, 0.25) is 5.91 Å². The number of hydrogen-bond acceptors (Lipinski definition) is 7. The number of nitrogens with one attached hydrogen (secondary N) is 2. The summed E-state index contributed by atoms with van der Waals surface area (Å²) in [5.41, 5.74) is 0.0141. The fourth-order valence-corrected chi connectivity index (χ4v) is 5.47. The van der Waals surface area contributed by atoms with Gasteiger partial charge in [-0.3, -0.25) is 9.59 Å². The molecule has 2 aromatic carbocycles. The molecule has 0 spiro atoms. The van der Waals surface area contributed by atoms with Gasteiger partial charge in [0.1, 0.15) is 11.7 Å². The molecule has 0 radical (unpaired) electrons. The van der Waals surface area contributed by atoms with E-state index in [0.29, 0.717) is 30.5 Å². The molecule has 0 bridgehead atoms. The van der Waals surface area contributed by atoms with E-state index >= 15 is 0 Å². The minimum atomic E-state index is -10.7. The number of carbonyl (C=O) groups is 2. The number of benzene rings is 2. The van der Waals surface area contributed by atoms with Crippen LogP contribution >= 0.6 is 7.81 Å². The zero-order valence-electron chi connectivity index (χ0n) is 26.0. The number of halogens is 6. The second-order valence-corrected chi connectivity index (χ2v) is 13.9. The van der Waals surface area contributed by atoms with Gasteiger partial charge in [-0.15, -0.1) is 0 Å². The number of esters is 1. The molecule has 15 heteroatoms. The van der Waals surface area contributed by atoms with E-state index in [9.17, 15) is 39.9 Å². The van der Waals surface area contributed by atoms with E-state index < -0.39 is 25.5 Å². The van der Waals surface area contributed by atoms with Crippen LogP contribution in [0.3, 0.4) is 0 Å². The van der Waals surface area contributed by atoms with Gasteiger partial charge in [0.15, 0.2) is 0 Å². The van der Waals surface area contributed by atoms with Crippen LogP contribution in [-0.4, -0.2) is 71.8 Å². The van der Waals surface area contributed by atoms with Crippen molar-refractivity contribution in [1.29, 1.82) is 0 Å². The summed E-state index contributed by atoms with van der Waals surface area (Å²) in [5.74, 6) is -0.494. The molecule has 1 fully saturated rings. The van der Waals surface area contributed by atoms with Gasteiger partial charge >= 0.3 is 39.0 Å². The molecule has 1 saturated heterocycles. The van der Waals surface area contributed by atoms with Gasteiger partial charge in [-0.2, -0.15) is 0 Å². The first kappa shape index (κ1) is 37.1. The van der Waals surface area contributed by atoms with Crippen molar-refractivity contribution in [3.05, 3.63) is 84.2 Å². The van der Waals surface area contributed by atoms with E-state index in [1.807, 2.05) is 87.8 Å². The SMILES string of the molecule is CC(C)[C@H](NC(=O)[C@@H]1C[C@@H](OC(=O)CCCCN2C=CN(C)C2)CN1)C(O)(c1ccccc1)c1ccccc1.F[P-](F)(F)(F)(F)F. The Bertz CT molecular complexity index is 1280. The van der Waals surface area contributed by atoms with Crippen LogP contribution in [0.1, 0.15) is 50.7 Å². The number of hydrogen-bond donors (Lipinski definition) is 3. The Kier molecular flexibility index (Phi) is 11.4. The fourth-order valence-electron chi connectivity index (χ4n) is 5.47. The number of carbonyl (C=O) groups excluding carboxylic acids is 2. The molecule has 0 saturated carbocycles. The number of amides is 1. The number of ether oxygens (including phenoxy) is 1. The zero-order chi connectivity index (χ0) is 34.2. The van der Waals surface area contributed by atoms with Crippen LogP contribution in [-0.2, 0) is 19.9 Å². The molecule has 2 aliphatic heterocycles. The molecule has 2 aliphatic rings. The van der Waals surface area contributed by atoms with Crippen molar-refractivity contribution in [3.63, 3.8) is 0 Å². The van der Waals surface area contributed by atoms with Crippen molar-refractivity contribution in [1.82, 2.24) is 20.4 Å². The topological polar surface area (TPSA) is 94.1 Å². The monoisotopic (exact) mass is 679 g/mol. The molecule has 0 unspecified atom stereocenters. The van der Waals surface area contributed by atoms with Crippen molar-refractivity contribution in [3.8, 4) is 0 Å². The Morgan fingerprint density at radius 3 is 2.00 bits per heavy atom. The summed E-state index contributed by atoms with van der Waals surface area (Å²) < 4.78 is 64.9. The average molecular weight is 680 g/mol. The molecule has 1 amide bonds. The van der Waals surface area contributed by atoms with E-state index in [1.54, 1.807) is 0 Å². The standard InChI is InChI=1S/C31H42N4O4.F6P/c1-23(2)29(31(38,24-12-6-4-7-13-24)25-14-8-5-9-15-25)33-30(37)27-20-26(21-32-27)39-28(36)16-10-11-17-35-19-18-34(3)22-35;1-7(2,3,4,5)6/h4-9,12-15,18-19,23,26-27,29,32,38H,10-11,16-17,20-22H2,1-3H3,(H,33,37);/q;-1/t26-,27+,29+;/m1./s1. The first-order valence-electron chi connectivity index (χ1n) is 15.0. The second-order valence-electron chi connectivity index (χ2n) is 12.0. The number of unbranched alkanes of at least 4 members (excludes halogenated alkanes) is 1. The molecule has 46 heavy (non-hydrogen) atoms. The van der Waals surface area contributed by atoms with Crippen LogP contribution in [0.25, 0.3) is 0 Å². The van der Waals surface area contributed by atoms with Gasteiger partial charge in [0.25, 0.3) is 0 Å². The van der Waals surface area contributed by atoms with E-state index in [1.165, 1.54) is 0 Å². The summed E-state index contributed by atoms with van der Waals surface area (Å²) in [7, 11) is -8.62. The Morgan fingerprint density at radius 1 is 0.978 bits per heavy atom. The van der Waals surface area contributed by atoms with Crippen LogP contribution in [0.4, 0.5) is 25.2 Å². The summed E-state index contributed by atoms with van der Waals surface area (Å²) in [6.45, 7) is 6.21. The molecule has 0 aliphatic carbocycles. The van der Waals surface area contributed by atoms with Crippen molar-refractivity contribution < 1.29 is 44.6 Å². The van der Waals surface area contributed by atoms with Crippen LogP contribution in [0.15, 0.2) is 73.1 Å². The molecule has 3 N–H and O–H groups in total. The quantitative estimate of drug-likeness (QED) is 0.101. The van der Waals surface area contributed by atoms with Crippen molar-refractivity contribution in [2.24, 2.45) is 5.92 Å². The van der Waals surface area contributed by atoms with Gasteiger partial charge in [-0.1, -0.05) is 74.5 Å². The van der Waals surface area contributed by atoms with Crippen LogP contribution in [0.2, 0.25) is 0 Å². The van der Waals surface area contributed by atoms with Crippen molar-refractivity contribution in [2.75, 3.05) is 26.8 Å². The number of aliphatic hydroxyl groups is 1. The Morgan fingerprint density at radius 2 is 1.52 bits per heavy atom. The van der Waals surface area contributed by atoms with Crippen molar-refractivity contribution >= 4 is 19.7 Å². The fraction of sp³-hybridized carbons (Fsp3) is 0.484. The van der Waals surface area contributed by atoms with E-state index in [4.69, 9.17) is 4.74 Å². The van der Waals surface area contributed by atoms with E-state index in [-0.39, 0.29) is 23.9 Å². The third-order valence-electron chi connectivity index (χ3n) is 7.56. The summed E-state index contributed by atoms with van der Waals surface area (Å²) >= 11 is 0. The van der Waals surface area contributed by atoms with Gasteiger partial charge in [0.05, 0.1) is 18.8 Å². The molecule has 4 rings (SSSR count). The third-order valence-corrected chi connectivity index (χ3v) is 7.56. The summed E-state index contributed by atoms with van der Waals surface area (Å²) in [6.07, 6.45) is 6.23. The Hall–Kier alpha value is -3.35. The number of nitrogens with zero attached hydrogens (tertiary/aromatic N) is 2. The van der Waals surface area contributed by atoms with Crippen LogP contribution in [0.5, 0.6) is 0 Å². The molecule has 2 heterocycles. The minimum absolute atomic E-state index is 0.0640. The van der Waals surface area contributed by atoms with Gasteiger partial charge in [-0.25, -0.2) is 0 Å². The average Bonchev–Trinajstić information content (AvgIpc) is 3.61. The zero-order valence-corrected chi connectivity index (χ0v) is 26.9. The molecular formula is C31H42F6N4O4P-. The maximum atomic E-state index is 13.4. The van der Waals surface area contributed by atoms with Gasteiger partial charge < -0.3 is 30.3 Å². The normalized spacial score (nSPS) is 20.4. The van der Waals surface area contributed by atoms with E-state index in [2.05, 4.69) is 26.6 Å². The molecule has 2 aromatic rings. The summed E-state index contributed by atoms with van der Waals surface area (Å²) in [4.78, 5) is 30.2. The maximum absolute atomic E-state index is 13.4. The van der Waals surface area contributed by atoms with Gasteiger partial charge in [0, 0.05) is 45.4 Å². The third kappa shape index (κ3) is 12.4. The first-order chi connectivity index (χ1) is 21.2. The predicted octanol–water partition coefficient (Wildman–Crippen LogP) is 6.57. The molecular weight excluding hydrogens is 637 g/mol. The number of rotatable bonds is 12. The summed E-state index contributed by atoms with van der Waals surface area (Å²) in [5, 5.41) is 18.6. The molecule has 0 aromatic heterocycles. The van der Waals surface area contributed by atoms with E-state index in [0.717, 1.165) is 26.1 Å². The van der Waals surface area contributed by atoms with Crippen LogP contribution < -0.4 is 10.6 Å². The van der Waals surface area contributed by atoms with Crippen molar-refractivity contribution in [2.45, 2.75) is 63.3 Å². The molecule has 3 atom stereocenters. The Balaban J connectivity index is 0.000000738. The first-order valence-corrected chi connectivity index (χ1v) is 17.0. The molecule has 8 nitrogen and oxygen atoms in total. The van der Waals surface area contributed by atoms with Gasteiger partial charge in [-0.05, 0) is 29.9 Å². The molecule has 258 valence electrons. The second kappa shape index (κ2) is 14.2.